The standard InChI is InChI=1S/C13H23NO3/c1-7-8-9(2)11(15)14-10(3)12(16)17-13(4,5)6/h8,10H,7H2,1-6H3,(H,14,15)/b9-8-/t10-/m1/s1. The number of hydrogen-bond acceptors (Lipinski definition) is 3. The second-order valence-electron chi connectivity index (χ2n) is 5.02. The molecule has 0 aliphatic carbocycles. The number of amides is 1. The maximum atomic E-state index is 11.6. The van der Waals surface area contributed by atoms with Gasteiger partial charge in [-0.25, -0.2) is 4.79 Å². The summed E-state index contributed by atoms with van der Waals surface area (Å²) in [5.41, 5.74) is 0.0765. The highest BCUT2D eigenvalue weighted by molar-refractivity contribution is 5.95. The first-order chi connectivity index (χ1) is 7.67. The number of esters is 1. The van der Waals surface area contributed by atoms with Crippen molar-refractivity contribution in [2.75, 3.05) is 0 Å². The normalized spacial score (nSPS) is 14.1. The third-order valence-electron chi connectivity index (χ3n) is 1.98. The topological polar surface area (TPSA) is 55.4 Å². The van der Waals surface area contributed by atoms with Gasteiger partial charge < -0.3 is 10.1 Å². The van der Waals surface area contributed by atoms with E-state index in [1.807, 2.05) is 13.0 Å². The number of ether oxygens (including phenoxy) is 1. The quantitative estimate of drug-likeness (QED) is 0.606. The van der Waals surface area contributed by atoms with Gasteiger partial charge in [-0.15, -0.1) is 0 Å². The van der Waals surface area contributed by atoms with Crippen LogP contribution in [0.2, 0.25) is 0 Å². The van der Waals surface area contributed by atoms with Crippen LogP contribution in [0.15, 0.2) is 11.6 Å². The van der Waals surface area contributed by atoms with Crippen LogP contribution in [0.3, 0.4) is 0 Å². The van der Waals surface area contributed by atoms with E-state index in [1.54, 1.807) is 34.6 Å². The number of rotatable bonds is 4. The van der Waals surface area contributed by atoms with Gasteiger partial charge in [0.25, 0.3) is 0 Å². The van der Waals surface area contributed by atoms with Crippen molar-refractivity contribution in [1.82, 2.24) is 5.32 Å². The van der Waals surface area contributed by atoms with Crippen molar-refractivity contribution in [3.63, 3.8) is 0 Å². The number of nitrogens with one attached hydrogen (secondary N) is 1. The van der Waals surface area contributed by atoms with Gasteiger partial charge in [-0.3, -0.25) is 4.79 Å². The van der Waals surface area contributed by atoms with Gasteiger partial charge in [-0.1, -0.05) is 13.0 Å². The molecular formula is C13H23NO3. The predicted molar refractivity (Wildman–Crippen MR) is 67.5 cm³/mol. The molecule has 0 aromatic rings. The fraction of sp³-hybridized carbons (Fsp3) is 0.692. The number of carbonyl (C=O) groups is 2. The maximum Gasteiger partial charge on any atom is 0.328 e. The summed E-state index contributed by atoms with van der Waals surface area (Å²) in [4.78, 5) is 23.2. The molecule has 0 unspecified atom stereocenters. The van der Waals surface area contributed by atoms with Crippen LogP contribution in [0.5, 0.6) is 0 Å². The highest BCUT2D eigenvalue weighted by atomic mass is 16.6. The lowest BCUT2D eigenvalue weighted by atomic mass is 10.2. The van der Waals surface area contributed by atoms with Crippen LogP contribution in [-0.2, 0) is 14.3 Å². The molecule has 0 aromatic heterocycles. The Morgan fingerprint density at radius 3 is 2.29 bits per heavy atom. The summed E-state index contributed by atoms with van der Waals surface area (Å²) in [6, 6.07) is -0.637. The van der Waals surface area contributed by atoms with Crippen molar-refractivity contribution < 1.29 is 14.3 Å². The van der Waals surface area contributed by atoms with Crippen LogP contribution in [0, 0.1) is 0 Å². The van der Waals surface area contributed by atoms with Crippen molar-refractivity contribution in [2.45, 2.75) is 59.6 Å². The average Bonchev–Trinajstić information content (AvgIpc) is 2.15. The van der Waals surface area contributed by atoms with Crippen LogP contribution < -0.4 is 5.32 Å². The van der Waals surface area contributed by atoms with E-state index in [2.05, 4.69) is 5.32 Å². The Hall–Kier alpha value is -1.32. The molecule has 0 rings (SSSR count). The Kier molecular flexibility index (Phi) is 5.93. The summed E-state index contributed by atoms with van der Waals surface area (Å²) >= 11 is 0. The molecule has 0 fully saturated rings. The van der Waals surface area contributed by atoms with Crippen LogP contribution in [0.1, 0.15) is 48.0 Å². The fourth-order valence-electron chi connectivity index (χ4n) is 1.16. The summed E-state index contributed by atoms with van der Waals surface area (Å²) in [5, 5.41) is 2.61. The molecule has 0 saturated carbocycles. The monoisotopic (exact) mass is 241 g/mol. The van der Waals surface area contributed by atoms with E-state index in [1.165, 1.54) is 0 Å². The molecule has 0 bridgehead atoms. The van der Waals surface area contributed by atoms with Crippen LogP contribution in [-0.4, -0.2) is 23.5 Å². The first-order valence-electron chi connectivity index (χ1n) is 5.88. The van der Waals surface area contributed by atoms with E-state index >= 15 is 0 Å². The van der Waals surface area contributed by atoms with E-state index in [0.717, 1.165) is 6.42 Å². The van der Waals surface area contributed by atoms with E-state index in [-0.39, 0.29) is 5.91 Å². The van der Waals surface area contributed by atoms with Gasteiger partial charge in [-0.05, 0) is 41.0 Å². The zero-order chi connectivity index (χ0) is 13.6. The molecule has 0 spiro atoms. The van der Waals surface area contributed by atoms with Crippen molar-refractivity contribution in [2.24, 2.45) is 0 Å². The minimum absolute atomic E-state index is 0.231. The van der Waals surface area contributed by atoms with Crippen molar-refractivity contribution in [3.8, 4) is 0 Å². The SMILES string of the molecule is CC/C=C(/C)C(=O)N[C@H](C)C(=O)OC(C)(C)C. The lowest BCUT2D eigenvalue weighted by Crippen LogP contribution is -2.42. The number of hydrogen-bond donors (Lipinski definition) is 1. The molecule has 0 radical (unpaired) electrons. The molecule has 4 heteroatoms. The highest BCUT2D eigenvalue weighted by Crippen LogP contribution is 2.08. The van der Waals surface area contributed by atoms with E-state index in [4.69, 9.17) is 4.74 Å². The Morgan fingerprint density at radius 2 is 1.88 bits per heavy atom. The number of carbonyl (C=O) groups excluding carboxylic acids is 2. The third kappa shape index (κ3) is 6.76. The maximum absolute atomic E-state index is 11.6. The van der Waals surface area contributed by atoms with Crippen LogP contribution in [0.4, 0.5) is 0 Å². The first kappa shape index (κ1) is 15.7. The second-order valence-corrected chi connectivity index (χ2v) is 5.02. The molecule has 17 heavy (non-hydrogen) atoms. The molecular weight excluding hydrogens is 218 g/mol. The Labute approximate surface area is 103 Å². The Morgan fingerprint density at radius 1 is 1.35 bits per heavy atom. The van der Waals surface area contributed by atoms with E-state index < -0.39 is 17.6 Å². The molecule has 0 aliphatic heterocycles. The minimum atomic E-state index is -0.637. The van der Waals surface area contributed by atoms with Gasteiger partial charge >= 0.3 is 5.97 Å². The van der Waals surface area contributed by atoms with Crippen LogP contribution in [0.25, 0.3) is 0 Å². The summed E-state index contributed by atoms with van der Waals surface area (Å²) in [5.74, 6) is -0.652. The van der Waals surface area contributed by atoms with Gasteiger partial charge in [0.05, 0.1) is 0 Å². The molecule has 1 N–H and O–H groups in total. The predicted octanol–water partition coefficient (Wildman–Crippen LogP) is 2.19. The van der Waals surface area contributed by atoms with Crippen LogP contribution >= 0.6 is 0 Å². The van der Waals surface area contributed by atoms with Gasteiger partial charge in [0.2, 0.25) is 5.91 Å². The molecule has 98 valence electrons. The van der Waals surface area contributed by atoms with Crippen molar-refractivity contribution in [3.05, 3.63) is 11.6 Å². The van der Waals surface area contributed by atoms with Gasteiger partial charge in [0.1, 0.15) is 11.6 Å². The van der Waals surface area contributed by atoms with Gasteiger partial charge in [-0.2, -0.15) is 0 Å². The molecule has 1 amide bonds. The zero-order valence-electron chi connectivity index (χ0n) is 11.6. The number of allylic oxidation sites excluding steroid dienone is 1. The largest absolute Gasteiger partial charge is 0.458 e. The zero-order valence-corrected chi connectivity index (χ0v) is 11.6. The van der Waals surface area contributed by atoms with E-state index in [9.17, 15) is 9.59 Å². The molecule has 0 aromatic carbocycles. The Bertz CT molecular complexity index is 313. The molecule has 0 aliphatic rings. The highest BCUT2D eigenvalue weighted by Gasteiger charge is 2.23. The van der Waals surface area contributed by atoms with Crippen molar-refractivity contribution >= 4 is 11.9 Å². The molecule has 0 saturated heterocycles. The Balaban J connectivity index is 4.36. The average molecular weight is 241 g/mol. The summed E-state index contributed by atoms with van der Waals surface area (Å²) in [7, 11) is 0. The third-order valence-corrected chi connectivity index (χ3v) is 1.98. The summed E-state index contributed by atoms with van der Waals surface area (Å²) in [6.45, 7) is 10.7. The van der Waals surface area contributed by atoms with E-state index in [0.29, 0.717) is 5.57 Å². The summed E-state index contributed by atoms with van der Waals surface area (Å²) < 4.78 is 5.17. The van der Waals surface area contributed by atoms with Gasteiger partial charge in [0, 0.05) is 5.57 Å². The minimum Gasteiger partial charge on any atom is -0.458 e. The lowest BCUT2D eigenvalue weighted by Gasteiger charge is -2.22. The fourth-order valence-corrected chi connectivity index (χ4v) is 1.16. The molecule has 1 atom stereocenters. The first-order valence-corrected chi connectivity index (χ1v) is 5.88. The lowest BCUT2D eigenvalue weighted by molar-refractivity contribution is -0.157. The second kappa shape index (κ2) is 6.42. The smallest absolute Gasteiger partial charge is 0.328 e. The van der Waals surface area contributed by atoms with Gasteiger partial charge in [0.15, 0.2) is 0 Å². The van der Waals surface area contributed by atoms with Crippen molar-refractivity contribution in [1.29, 1.82) is 0 Å². The molecule has 0 heterocycles. The molecule has 4 nitrogen and oxygen atoms in total. The summed E-state index contributed by atoms with van der Waals surface area (Å²) in [6.07, 6.45) is 2.61.